The van der Waals surface area contributed by atoms with Crippen LogP contribution in [0.1, 0.15) is 111 Å². The third-order valence-electron chi connectivity index (χ3n) is 13.5. The summed E-state index contributed by atoms with van der Waals surface area (Å²) in [5.41, 5.74) is -1.30. The summed E-state index contributed by atoms with van der Waals surface area (Å²) in [7, 11) is 2.89. The van der Waals surface area contributed by atoms with Crippen LogP contribution in [-0.4, -0.2) is 185 Å². The first-order chi connectivity index (χ1) is 43.9. The number of rotatable bonds is 41. The van der Waals surface area contributed by atoms with Gasteiger partial charge in [0.25, 0.3) is 0 Å². The summed E-state index contributed by atoms with van der Waals surface area (Å²) in [6.45, 7) is 4.71. The Balaban J connectivity index is 1.22. The molecule has 6 atom stereocenters. The second-order valence-electron chi connectivity index (χ2n) is 21.1. The van der Waals surface area contributed by atoms with E-state index in [0.29, 0.717) is 24.3 Å². The summed E-state index contributed by atoms with van der Waals surface area (Å²) < 4.78 is 33.2. The Hall–Kier alpha value is -7.40. The minimum absolute atomic E-state index is 0.0331. The summed E-state index contributed by atoms with van der Waals surface area (Å²) in [5.74, 6) is -2.54. The van der Waals surface area contributed by atoms with E-state index < -0.39 is 84.8 Å². The maximum atomic E-state index is 14.1. The Morgan fingerprint density at radius 3 is 1.95 bits per heavy atom. The third-order valence-corrected chi connectivity index (χ3v) is 15.9. The first-order valence-electron chi connectivity index (χ1n) is 30.2. The molecule has 0 saturated carbocycles. The van der Waals surface area contributed by atoms with E-state index in [9.17, 15) is 59.1 Å². The first-order valence-corrected chi connectivity index (χ1v) is 32.7. The summed E-state index contributed by atoms with van der Waals surface area (Å²) >= 11 is 0. The van der Waals surface area contributed by atoms with Crippen LogP contribution in [0.4, 0.5) is 9.59 Å². The Labute approximate surface area is 539 Å². The fourth-order valence-corrected chi connectivity index (χ4v) is 10.4. The Morgan fingerprint density at radius 2 is 1.29 bits per heavy atom. The molecule has 3 aromatic rings. The number of allylic oxidation sites excluding steroid dienone is 10. The van der Waals surface area contributed by atoms with Gasteiger partial charge in [0.1, 0.15) is 48.6 Å². The molecule has 1 aliphatic rings. The zero-order valence-electron chi connectivity index (χ0n) is 51.8. The maximum Gasteiger partial charge on any atom is 0.407 e. The van der Waals surface area contributed by atoms with Gasteiger partial charge >= 0.3 is 30.1 Å². The van der Waals surface area contributed by atoms with Crippen molar-refractivity contribution in [3.63, 3.8) is 0 Å². The number of amides is 4. The predicted molar refractivity (Wildman–Crippen MR) is 345 cm³/mol. The molecule has 1 fully saturated rings. The van der Waals surface area contributed by atoms with Crippen molar-refractivity contribution in [3.8, 4) is 11.5 Å². The topological polar surface area (TPSA) is 340 Å². The fraction of sp³-hybridized carbons (Fsp3) is 0.477. The molecule has 2 heterocycles. The van der Waals surface area contributed by atoms with E-state index in [1.807, 2.05) is 12.2 Å². The van der Waals surface area contributed by atoms with E-state index in [2.05, 4.69) is 81.8 Å². The van der Waals surface area contributed by atoms with Crippen LogP contribution in [0.25, 0.3) is 0 Å². The lowest BCUT2D eigenvalue weighted by atomic mass is 9.86. The highest BCUT2D eigenvalue weighted by atomic mass is 33.1. The third kappa shape index (κ3) is 30.1. The molecule has 24 nitrogen and oxygen atoms in total. The number of piperidine rings is 1. The Kier molecular flexibility index (Phi) is 36.9. The molecule has 0 aliphatic carbocycles. The van der Waals surface area contributed by atoms with Gasteiger partial charge in [0.2, 0.25) is 11.8 Å². The van der Waals surface area contributed by atoms with Crippen LogP contribution in [0.5, 0.6) is 11.5 Å². The van der Waals surface area contributed by atoms with Gasteiger partial charge in [0.15, 0.2) is 6.29 Å². The van der Waals surface area contributed by atoms with E-state index in [-0.39, 0.29) is 106 Å². The van der Waals surface area contributed by atoms with Crippen molar-refractivity contribution >= 4 is 63.5 Å². The van der Waals surface area contributed by atoms with Crippen molar-refractivity contribution in [2.75, 3.05) is 77.2 Å². The molecule has 1 aliphatic heterocycles. The lowest BCUT2D eigenvalue weighted by Crippen LogP contribution is -2.63. The van der Waals surface area contributed by atoms with Gasteiger partial charge in [-0.15, -0.1) is 0 Å². The molecule has 4 amide bonds. The number of hydrogen-bond acceptors (Lipinski definition) is 22. The van der Waals surface area contributed by atoms with Crippen molar-refractivity contribution in [2.45, 2.75) is 115 Å². The van der Waals surface area contributed by atoms with Gasteiger partial charge in [-0.3, -0.25) is 24.3 Å². The van der Waals surface area contributed by atoms with E-state index in [1.165, 1.54) is 69.2 Å². The number of likely N-dealkylation sites (tertiary alicyclic amines) is 1. The molecule has 0 bridgehead atoms. The highest BCUT2D eigenvalue weighted by Gasteiger charge is 2.42. The number of β-amino-alcohol motifs (C(OH)–C–C–N with tert-alkyl or cyclic N) is 1. The SMILES string of the molecule is CCC=CCC=CCC=CCC=CCC=CCCCC(=O)OCC(C)(C)C(OC(O)c1ccccc1OC(=O)c1ccccc1OC(=O)c1cccnc1)C(=O)NCCC(=O)NCCSSCCNC(=O)OCCNC(=O)OCCN1CC(O)C(O)C(O)C1CO. The first kappa shape index (κ1) is 76.1. The maximum absolute atomic E-state index is 14.1. The minimum atomic E-state index is -1.90. The van der Waals surface area contributed by atoms with Gasteiger partial charge in [0, 0.05) is 74.9 Å². The smallest absolute Gasteiger partial charge is 0.407 e. The average molecular weight is 1310 g/mol. The van der Waals surface area contributed by atoms with Crippen molar-refractivity contribution in [3.05, 3.63) is 151 Å². The molecule has 91 heavy (non-hydrogen) atoms. The number of esters is 3. The number of hydrogen-bond donors (Lipinski definition) is 9. The van der Waals surface area contributed by atoms with Gasteiger partial charge in [-0.2, -0.15) is 0 Å². The molecule has 2 aromatic carbocycles. The van der Waals surface area contributed by atoms with Crippen LogP contribution < -0.4 is 30.7 Å². The van der Waals surface area contributed by atoms with Gasteiger partial charge < -0.3 is 75.2 Å². The zero-order valence-corrected chi connectivity index (χ0v) is 53.4. The quantitative estimate of drug-likeness (QED) is 0.00549. The van der Waals surface area contributed by atoms with Crippen molar-refractivity contribution < 1.29 is 87.5 Å². The molecule has 4 rings (SSSR count). The number of nitrogens with zero attached hydrogens (tertiary/aromatic N) is 2. The minimum Gasteiger partial charge on any atom is -0.465 e. The molecule has 0 spiro atoms. The van der Waals surface area contributed by atoms with E-state index >= 15 is 0 Å². The number of aliphatic hydroxyl groups excluding tert-OH is 5. The average Bonchev–Trinajstić information content (AvgIpc) is 1.22. The number of nitrogens with one attached hydrogen (secondary N) is 4. The van der Waals surface area contributed by atoms with Crippen LogP contribution >= 0.6 is 21.6 Å². The van der Waals surface area contributed by atoms with Crippen molar-refractivity contribution in [1.82, 2.24) is 31.2 Å². The van der Waals surface area contributed by atoms with Crippen molar-refractivity contribution in [1.29, 1.82) is 0 Å². The molecule has 1 saturated heterocycles. The summed E-state index contributed by atoms with van der Waals surface area (Å²) in [6.07, 6.45) is 20.6. The molecule has 1 aromatic heterocycles. The number of ether oxygens (including phenoxy) is 6. The zero-order chi connectivity index (χ0) is 66.1. The van der Waals surface area contributed by atoms with Crippen LogP contribution in [0.15, 0.2) is 134 Å². The number of alkyl carbamates (subject to hydrolysis) is 2. The number of carbonyl (C=O) groups excluding carboxylic acids is 7. The number of aromatic nitrogens is 1. The molecule has 26 heteroatoms. The number of benzene rings is 2. The second kappa shape index (κ2) is 44.2. The summed E-state index contributed by atoms with van der Waals surface area (Å²) in [5, 5.41) is 61.6. The number of aliphatic hydroxyl groups is 5. The number of pyridine rings is 1. The molecule has 0 radical (unpaired) electrons. The van der Waals surface area contributed by atoms with Crippen molar-refractivity contribution in [2.24, 2.45) is 5.41 Å². The van der Waals surface area contributed by atoms with E-state index in [4.69, 9.17) is 28.4 Å². The van der Waals surface area contributed by atoms with Crippen LogP contribution in [0.3, 0.4) is 0 Å². The largest absolute Gasteiger partial charge is 0.465 e. The second-order valence-corrected chi connectivity index (χ2v) is 23.8. The standard InChI is InChI=1S/C65H88N6O18S2/c1-4-5-6-7-8-9-10-11-12-13-14-15-16-17-18-19-20-31-55(75)86-46-65(2,3)58(89-62(81)49-28-22-24-30-53(49)88-61(80)48-27-21-23-29-52(48)87-60(79)47-26-25-33-66-43-47)59(78)68-34-32-54(74)67-36-41-90-91-42-37-70-64(83)84-39-35-69-63(82)85-40-38-71-44-51(73)57(77)56(76)50(71)45-72/h5-6,8-9,11-12,14-15,17-18,21-30,33,43,50-51,56-58,62,72-73,76-77,81H,4,7,10,13,16,19-20,31-32,34-42,44-46H2,1-3H3,(H,67,74)(H,68,78)(H,69,82)(H,70,83). The van der Waals surface area contributed by atoms with Gasteiger partial charge in [-0.05, 0) is 75.3 Å². The molecule has 498 valence electrons. The highest BCUT2D eigenvalue weighted by Crippen LogP contribution is 2.34. The fourth-order valence-electron chi connectivity index (χ4n) is 8.56. The van der Waals surface area contributed by atoms with Crippen LogP contribution in [-0.2, 0) is 33.3 Å². The van der Waals surface area contributed by atoms with Gasteiger partial charge in [-0.1, -0.05) is 133 Å². The van der Waals surface area contributed by atoms with Gasteiger partial charge in [-0.25, -0.2) is 19.2 Å². The van der Waals surface area contributed by atoms with Gasteiger partial charge in [0.05, 0.1) is 43.0 Å². The molecule has 6 unspecified atom stereocenters. The number of para-hydroxylation sites is 2. The monoisotopic (exact) mass is 1300 g/mol. The molecular weight excluding hydrogens is 1220 g/mol. The number of unbranched alkanes of at least 4 members (excludes halogenated alkanes) is 1. The Bertz CT molecular complexity index is 2860. The lowest BCUT2D eigenvalue weighted by molar-refractivity contribution is -0.190. The van der Waals surface area contributed by atoms with Crippen LogP contribution in [0.2, 0.25) is 0 Å². The molecular formula is C65H88N6O18S2. The number of carbonyl (C=O) groups is 7. The normalized spacial score (nSPS) is 16.8. The highest BCUT2D eigenvalue weighted by molar-refractivity contribution is 8.76. The summed E-state index contributed by atoms with van der Waals surface area (Å²) in [4.78, 5) is 96.1. The van der Waals surface area contributed by atoms with Crippen LogP contribution in [0, 0.1) is 5.41 Å². The molecule has 9 N–H and O–H groups in total. The Morgan fingerprint density at radius 1 is 0.681 bits per heavy atom. The van der Waals surface area contributed by atoms with E-state index in [0.717, 1.165) is 32.1 Å². The van der Waals surface area contributed by atoms with E-state index in [1.54, 1.807) is 44.2 Å². The lowest BCUT2D eigenvalue weighted by Gasteiger charge is -2.42. The predicted octanol–water partition coefficient (Wildman–Crippen LogP) is 6.60. The summed E-state index contributed by atoms with van der Waals surface area (Å²) in [6, 6.07) is 14.1.